The van der Waals surface area contributed by atoms with E-state index in [1.54, 1.807) is 0 Å². The molecule has 0 spiro atoms. The van der Waals surface area contributed by atoms with Crippen LogP contribution in [0.5, 0.6) is 0 Å². The van der Waals surface area contributed by atoms with Crippen molar-refractivity contribution in [3.05, 3.63) is 23.7 Å². The first-order valence-electron chi connectivity index (χ1n) is 1.65. The Bertz CT molecular complexity index is 140. The summed E-state index contributed by atoms with van der Waals surface area (Å²) in [5, 5.41) is 0.322. The Morgan fingerprint density at radius 2 is 2.00 bits per heavy atom. The summed E-state index contributed by atoms with van der Waals surface area (Å²) in [6.45, 7) is 0. The highest BCUT2D eigenvalue weighted by molar-refractivity contribution is 6.30. The van der Waals surface area contributed by atoms with Gasteiger partial charge in [0.25, 0.3) is 0 Å². The van der Waals surface area contributed by atoms with Crippen molar-refractivity contribution in [2.75, 3.05) is 0 Å². The fourth-order valence-corrected chi connectivity index (χ4v) is 0.323. The molecule has 2 nitrogen and oxygen atoms in total. The number of hydrogen-bond donors (Lipinski definition) is 0. The summed E-state index contributed by atoms with van der Waals surface area (Å²) in [5.41, 5.74) is 0. The zero-order valence-electron chi connectivity index (χ0n) is 3.35. The van der Waals surface area contributed by atoms with Gasteiger partial charge < -0.3 is 0 Å². The summed E-state index contributed by atoms with van der Waals surface area (Å²) in [6, 6.07) is 0. The lowest BCUT2D eigenvalue weighted by Gasteiger charge is -1.76. The molecule has 0 aliphatic rings. The lowest BCUT2D eigenvalue weighted by molar-refractivity contribution is 1.15. The molecule has 0 N–H and O–H groups in total. The van der Waals surface area contributed by atoms with Gasteiger partial charge in [0, 0.05) is 0 Å². The van der Waals surface area contributed by atoms with Crippen molar-refractivity contribution in [3.63, 3.8) is 0 Å². The quantitative estimate of drug-likeness (QED) is 0.495. The van der Waals surface area contributed by atoms with Crippen LogP contribution in [0.3, 0.4) is 0 Å². The van der Waals surface area contributed by atoms with Gasteiger partial charge in [0.15, 0.2) is 0 Å². The highest BCUT2D eigenvalue weighted by atomic mass is 35.5. The van der Waals surface area contributed by atoms with Gasteiger partial charge in [-0.25, -0.2) is 9.97 Å². The highest BCUT2D eigenvalue weighted by Gasteiger charge is 1.80. The van der Waals surface area contributed by atoms with Crippen molar-refractivity contribution in [1.82, 2.24) is 9.97 Å². The second kappa shape index (κ2) is 1.89. The molecular weight excluding hydrogens is 112 g/mol. The third-order valence-electron chi connectivity index (χ3n) is 0.441. The van der Waals surface area contributed by atoms with Gasteiger partial charge in [-0.3, -0.25) is 0 Å². The fourth-order valence-electron chi connectivity index (χ4n) is 0.225. The molecule has 0 atom stereocenters. The summed E-state index contributed by atoms with van der Waals surface area (Å²) >= 11 is 5.30. The molecule has 0 fully saturated rings. The Morgan fingerprint density at radius 1 is 1.43 bits per heavy atom. The minimum atomic E-state index is 0.322. The monoisotopic (exact) mass is 112 g/mol. The van der Waals surface area contributed by atoms with E-state index in [1.807, 2.05) is 0 Å². The third kappa shape index (κ3) is 1.12. The van der Waals surface area contributed by atoms with E-state index in [4.69, 9.17) is 11.6 Å². The van der Waals surface area contributed by atoms with E-state index in [2.05, 4.69) is 22.4 Å². The minimum absolute atomic E-state index is 0.322. The van der Waals surface area contributed by atoms with Gasteiger partial charge in [0.05, 0.1) is 5.02 Å². The number of halogens is 1. The summed E-state index contributed by atoms with van der Waals surface area (Å²) in [4.78, 5) is 6.97. The van der Waals surface area contributed by atoms with Crippen molar-refractivity contribution in [2.24, 2.45) is 0 Å². The molecule has 1 aromatic heterocycles. The molecule has 0 saturated heterocycles. The van der Waals surface area contributed by atoms with Crippen molar-refractivity contribution < 1.29 is 0 Å². The average molecular weight is 113 g/mol. The van der Waals surface area contributed by atoms with E-state index in [9.17, 15) is 0 Å². The Labute approximate surface area is 46.2 Å². The van der Waals surface area contributed by atoms with Gasteiger partial charge in [-0.2, -0.15) is 0 Å². The van der Waals surface area contributed by atoms with E-state index in [0.717, 1.165) is 0 Å². The molecule has 0 bridgehead atoms. The summed E-state index contributed by atoms with van der Waals surface area (Å²) < 4.78 is 0. The first-order valence-corrected chi connectivity index (χ1v) is 2.03. The van der Waals surface area contributed by atoms with Crippen molar-refractivity contribution in [3.8, 4) is 0 Å². The molecule has 0 saturated carbocycles. The molecule has 1 aromatic rings. The van der Waals surface area contributed by atoms with Crippen LogP contribution in [-0.4, -0.2) is 9.97 Å². The van der Waals surface area contributed by atoms with E-state index < -0.39 is 0 Å². The average Bonchev–Trinajstić information content (AvgIpc) is 1.69. The van der Waals surface area contributed by atoms with Gasteiger partial charge in [0.1, 0.15) is 18.7 Å². The maximum absolute atomic E-state index is 5.30. The Morgan fingerprint density at radius 3 is 2.29 bits per heavy atom. The molecule has 34 valence electrons. The van der Waals surface area contributed by atoms with Crippen LogP contribution in [0, 0.1) is 12.4 Å². The van der Waals surface area contributed by atoms with Gasteiger partial charge >= 0.3 is 0 Å². The van der Waals surface area contributed by atoms with Gasteiger partial charge in [-0.05, 0) is 0 Å². The molecule has 0 aliphatic heterocycles. The summed E-state index contributed by atoms with van der Waals surface area (Å²) in [5.74, 6) is 0. The molecule has 0 unspecified atom stereocenters. The molecule has 1 heterocycles. The number of rotatable bonds is 0. The fraction of sp³-hybridized carbons (Fsp3) is 0. The zero-order valence-corrected chi connectivity index (χ0v) is 4.11. The summed E-state index contributed by atoms with van der Waals surface area (Å²) in [6.07, 6.45) is 6.18. The minimum Gasteiger partial charge on any atom is -0.233 e. The predicted molar refractivity (Wildman–Crippen MR) is 24.7 cm³/mol. The molecule has 3 heteroatoms. The van der Waals surface area contributed by atoms with E-state index >= 15 is 0 Å². The van der Waals surface area contributed by atoms with E-state index in [-0.39, 0.29) is 0 Å². The topological polar surface area (TPSA) is 25.8 Å². The predicted octanol–water partition coefficient (Wildman–Crippen LogP) is 0.730. The number of aromatic nitrogens is 2. The van der Waals surface area contributed by atoms with Crippen LogP contribution in [0.4, 0.5) is 0 Å². The lowest BCUT2D eigenvalue weighted by Crippen LogP contribution is -1.73. The van der Waals surface area contributed by atoms with Crippen molar-refractivity contribution in [2.45, 2.75) is 0 Å². The molecular formula is C4HClN2. The number of hydrogen-bond acceptors (Lipinski definition) is 2. The largest absolute Gasteiger partial charge is 0.233 e. The van der Waals surface area contributed by atoms with Crippen LogP contribution in [0.2, 0.25) is 5.02 Å². The SMILES string of the molecule is Clc1[c]ncn[c]1. The lowest BCUT2D eigenvalue weighted by atomic mass is 10.7. The van der Waals surface area contributed by atoms with Gasteiger partial charge in [-0.15, -0.1) is 0 Å². The normalized spacial score (nSPS) is 8.71. The van der Waals surface area contributed by atoms with Crippen LogP contribution in [0.1, 0.15) is 0 Å². The molecule has 0 aromatic carbocycles. The van der Waals surface area contributed by atoms with Crippen LogP contribution in [0.15, 0.2) is 6.33 Å². The molecule has 2 radical (unpaired) electrons. The van der Waals surface area contributed by atoms with Crippen LogP contribution in [0.25, 0.3) is 0 Å². The molecule has 0 amide bonds. The van der Waals surface area contributed by atoms with Gasteiger partial charge in [0.2, 0.25) is 0 Å². The van der Waals surface area contributed by atoms with Crippen LogP contribution in [-0.2, 0) is 0 Å². The maximum Gasteiger partial charge on any atom is 0.117 e. The summed E-state index contributed by atoms with van der Waals surface area (Å²) in [7, 11) is 0. The molecule has 7 heavy (non-hydrogen) atoms. The van der Waals surface area contributed by atoms with Crippen LogP contribution >= 0.6 is 11.6 Å². The van der Waals surface area contributed by atoms with E-state index in [0.29, 0.717) is 5.02 Å². The maximum atomic E-state index is 5.30. The second-order valence-corrected chi connectivity index (χ2v) is 1.29. The van der Waals surface area contributed by atoms with Crippen LogP contribution < -0.4 is 0 Å². The highest BCUT2D eigenvalue weighted by Crippen LogP contribution is 1.96. The molecule has 0 aliphatic carbocycles. The third-order valence-corrected chi connectivity index (χ3v) is 0.610. The molecule has 1 rings (SSSR count). The van der Waals surface area contributed by atoms with Crippen molar-refractivity contribution in [1.29, 1.82) is 0 Å². The number of nitrogens with zero attached hydrogens (tertiary/aromatic N) is 2. The Kier molecular flexibility index (Phi) is 1.22. The van der Waals surface area contributed by atoms with E-state index in [1.165, 1.54) is 6.33 Å². The first-order chi connectivity index (χ1) is 3.39. The van der Waals surface area contributed by atoms with Crippen molar-refractivity contribution >= 4 is 11.6 Å². The first kappa shape index (κ1) is 4.53. The Balaban J connectivity index is 3.02. The smallest absolute Gasteiger partial charge is 0.117 e. The second-order valence-electron chi connectivity index (χ2n) is 0.911. The Hall–Kier alpha value is -0.630. The van der Waals surface area contributed by atoms with Gasteiger partial charge in [-0.1, -0.05) is 11.6 Å². The standard InChI is InChI=1S/C4HClN2/c5-4-1-6-3-7-2-4/h3H. The zero-order chi connectivity index (χ0) is 5.11.